The van der Waals surface area contributed by atoms with Crippen molar-refractivity contribution < 1.29 is 19.6 Å². The Morgan fingerprint density at radius 1 is 1.17 bits per heavy atom. The largest absolute Gasteiger partial charge is 0.490 e. The second kappa shape index (κ2) is 9.60. The Hall–Kier alpha value is -2.38. The van der Waals surface area contributed by atoms with Crippen molar-refractivity contribution in [2.24, 2.45) is 0 Å². The molecule has 0 heterocycles. The molecule has 0 aliphatic carbocycles. The van der Waals surface area contributed by atoms with Crippen LogP contribution in [0.2, 0.25) is 0 Å². The number of nitro groups is 1. The topological polar surface area (TPSA) is 105 Å². The van der Waals surface area contributed by atoms with E-state index in [0.717, 1.165) is 25.7 Å². The van der Waals surface area contributed by atoms with Crippen LogP contribution >= 0.6 is 0 Å². The molecule has 1 rings (SSSR count). The highest BCUT2D eigenvalue weighted by molar-refractivity contribution is 5.45. The molecule has 8 heteroatoms. The smallest absolute Gasteiger partial charge is 0.294 e. The van der Waals surface area contributed by atoms with Gasteiger partial charge < -0.3 is 9.57 Å². The fourth-order valence-corrected chi connectivity index (χ4v) is 2.18. The molecule has 0 saturated heterocycles. The van der Waals surface area contributed by atoms with Gasteiger partial charge in [0.05, 0.1) is 22.7 Å². The van der Waals surface area contributed by atoms with Crippen LogP contribution in [0, 0.1) is 20.2 Å². The van der Waals surface area contributed by atoms with Gasteiger partial charge in [-0.1, -0.05) is 26.2 Å². The molecule has 0 spiro atoms. The highest BCUT2D eigenvalue weighted by Gasteiger charge is 2.17. The summed E-state index contributed by atoms with van der Waals surface area (Å²) in [6.07, 6.45) is 5.36. The predicted molar refractivity (Wildman–Crippen MR) is 83.7 cm³/mol. The number of benzene rings is 1. The van der Waals surface area contributed by atoms with Crippen LogP contribution in [0.25, 0.3) is 0 Å². The second-order valence-corrected chi connectivity index (χ2v) is 5.32. The van der Waals surface area contributed by atoms with Gasteiger partial charge in [0.1, 0.15) is 12.4 Å². The van der Waals surface area contributed by atoms with Crippen molar-refractivity contribution in [3.05, 3.63) is 44.0 Å². The molecule has 1 aromatic carbocycles. The van der Waals surface area contributed by atoms with E-state index in [1.54, 1.807) is 6.07 Å². The van der Waals surface area contributed by atoms with Crippen LogP contribution in [0.3, 0.4) is 0 Å². The number of rotatable bonds is 11. The van der Waals surface area contributed by atoms with Gasteiger partial charge in [0.25, 0.3) is 10.8 Å². The Bertz CT molecular complexity index is 535. The van der Waals surface area contributed by atoms with E-state index < -0.39 is 16.6 Å². The van der Waals surface area contributed by atoms with Crippen LogP contribution in [-0.2, 0) is 11.4 Å². The van der Waals surface area contributed by atoms with Gasteiger partial charge in [0.2, 0.25) is 0 Å². The lowest BCUT2D eigenvalue weighted by atomic mass is 10.1. The highest BCUT2D eigenvalue weighted by atomic mass is 16.9. The quantitative estimate of drug-likeness (QED) is 0.345. The number of ether oxygens (including phenoxy) is 1. The third-order valence-electron chi connectivity index (χ3n) is 3.38. The van der Waals surface area contributed by atoms with E-state index in [2.05, 4.69) is 11.8 Å². The van der Waals surface area contributed by atoms with Gasteiger partial charge >= 0.3 is 0 Å². The minimum atomic E-state index is -0.980. The number of nitro benzene ring substituents is 1. The molecule has 0 aromatic heterocycles. The summed E-state index contributed by atoms with van der Waals surface area (Å²) >= 11 is 0. The molecule has 0 bridgehead atoms. The van der Waals surface area contributed by atoms with Crippen LogP contribution in [0.1, 0.15) is 51.5 Å². The molecule has 23 heavy (non-hydrogen) atoms. The minimum absolute atomic E-state index is 0.0488. The molecule has 0 radical (unpaired) electrons. The molecule has 0 aliphatic rings. The Kier molecular flexibility index (Phi) is 7.79. The van der Waals surface area contributed by atoms with Crippen molar-refractivity contribution in [2.45, 2.75) is 58.7 Å². The van der Waals surface area contributed by atoms with Crippen molar-refractivity contribution in [1.29, 1.82) is 0 Å². The number of unbranched alkanes of at least 4 members (excludes halogenated alkanes) is 3. The van der Waals surface area contributed by atoms with Crippen LogP contribution in [-0.4, -0.2) is 16.1 Å². The van der Waals surface area contributed by atoms with Gasteiger partial charge in [-0.25, -0.2) is 0 Å². The third-order valence-corrected chi connectivity index (χ3v) is 3.38. The lowest BCUT2D eigenvalue weighted by Gasteiger charge is -2.15. The first-order valence-corrected chi connectivity index (χ1v) is 7.65. The van der Waals surface area contributed by atoms with Crippen molar-refractivity contribution in [1.82, 2.24) is 0 Å². The van der Waals surface area contributed by atoms with E-state index in [4.69, 9.17) is 4.74 Å². The maximum Gasteiger partial charge on any atom is 0.294 e. The van der Waals surface area contributed by atoms with Crippen molar-refractivity contribution in [2.75, 3.05) is 0 Å². The Labute approximate surface area is 134 Å². The van der Waals surface area contributed by atoms with Crippen LogP contribution in [0.4, 0.5) is 5.69 Å². The molecule has 8 nitrogen and oxygen atoms in total. The maximum absolute atomic E-state index is 11.1. The molecular weight excluding hydrogens is 304 g/mol. The van der Waals surface area contributed by atoms with Gasteiger partial charge in [-0.3, -0.25) is 10.1 Å². The van der Waals surface area contributed by atoms with Gasteiger partial charge in [-0.05, 0) is 31.9 Å². The van der Waals surface area contributed by atoms with Crippen LogP contribution in [0.5, 0.6) is 5.75 Å². The van der Waals surface area contributed by atoms with Crippen molar-refractivity contribution in [3.8, 4) is 5.75 Å². The average Bonchev–Trinajstić information content (AvgIpc) is 2.50. The first-order chi connectivity index (χ1) is 10.9. The van der Waals surface area contributed by atoms with Gasteiger partial charge in [-0.15, -0.1) is 10.1 Å². The summed E-state index contributed by atoms with van der Waals surface area (Å²) in [6.45, 7) is 3.60. The number of hydrogen-bond donors (Lipinski definition) is 0. The lowest BCUT2D eigenvalue weighted by Crippen LogP contribution is -2.12. The maximum atomic E-state index is 11.1. The molecule has 0 N–H and O–H groups in total. The molecule has 0 unspecified atom stereocenters. The van der Waals surface area contributed by atoms with Crippen molar-refractivity contribution >= 4 is 5.69 Å². The van der Waals surface area contributed by atoms with E-state index in [9.17, 15) is 20.2 Å². The van der Waals surface area contributed by atoms with Crippen LogP contribution < -0.4 is 4.74 Å². The Morgan fingerprint density at radius 3 is 2.52 bits per heavy atom. The molecule has 1 atom stereocenters. The van der Waals surface area contributed by atoms with E-state index >= 15 is 0 Å². The summed E-state index contributed by atoms with van der Waals surface area (Å²) in [6, 6.07) is 4.26. The summed E-state index contributed by atoms with van der Waals surface area (Å²) in [5.41, 5.74) is -0.114. The SMILES string of the molecule is CCCCCC[C@H](C)Oc1ccc(CO[N+](=O)[O-])c([N+](=O)[O-])c1. The molecule has 128 valence electrons. The molecule has 0 fully saturated rings. The monoisotopic (exact) mass is 326 g/mol. The van der Waals surface area contributed by atoms with E-state index in [0.29, 0.717) is 5.75 Å². The molecule has 0 saturated carbocycles. The minimum Gasteiger partial charge on any atom is -0.490 e. The van der Waals surface area contributed by atoms with E-state index in [1.807, 2.05) is 6.92 Å². The Morgan fingerprint density at radius 2 is 1.91 bits per heavy atom. The van der Waals surface area contributed by atoms with Crippen molar-refractivity contribution in [3.63, 3.8) is 0 Å². The summed E-state index contributed by atoms with van der Waals surface area (Å²) in [5, 5.41) is 20.3. The van der Waals surface area contributed by atoms with Gasteiger partial charge in [-0.2, -0.15) is 0 Å². The molecular formula is C15H22N2O6. The van der Waals surface area contributed by atoms with Gasteiger partial charge in [0.15, 0.2) is 0 Å². The van der Waals surface area contributed by atoms with E-state index in [1.165, 1.54) is 18.6 Å². The molecule has 0 amide bonds. The fourth-order valence-electron chi connectivity index (χ4n) is 2.18. The average molecular weight is 326 g/mol. The first-order valence-electron chi connectivity index (χ1n) is 7.65. The normalized spacial score (nSPS) is 11.7. The van der Waals surface area contributed by atoms with Gasteiger partial charge in [0, 0.05) is 0 Å². The zero-order valence-electron chi connectivity index (χ0n) is 13.4. The number of nitrogens with zero attached hydrogens (tertiary/aromatic N) is 2. The molecule has 0 aliphatic heterocycles. The summed E-state index contributed by atoms with van der Waals surface area (Å²) < 4.78 is 5.69. The first kappa shape index (κ1) is 18.7. The van der Waals surface area contributed by atoms with Crippen LogP contribution in [0.15, 0.2) is 18.2 Å². The predicted octanol–water partition coefficient (Wildman–Crippen LogP) is 4.04. The van der Waals surface area contributed by atoms with E-state index in [-0.39, 0.29) is 17.4 Å². The third kappa shape index (κ3) is 6.94. The standard InChI is InChI=1S/C15H22N2O6/c1-3-4-5-6-7-12(2)23-14-9-8-13(11-22-17(20)21)15(10-14)16(18)19/h8-10,12H,3-7,11H2,1-2H3/t12-/m0/s1. The zero-order chi connectivity index (χ0) is 17.2. The number of hydrogen-bond acceptors (Lipinski definition) is 6. The lowest BCUT2D eigenvalue weighted by molar-refractivity contribution is -0.763. The highest BCUT2D eigenvalue weighted by Crippen LogP contribution is 2.26. The fraction of sp³-hybridized carbons (Fsp3) is 0.600. The second-order valence-electron chi connectivity index (χ2n) is 5.32. The summed E-state index contributed by atoms with van der Waals surface area (Å²) in [4.78, 5) is 24.9. The Balaban J connectivity index is 2.67. The molecule has 1 aromatic rings. The summed E-state index contributed by atoms with van der Waals surface area (Å²) in [5.74, 6) is 0.379. The summed E-state index contributed by atoms with van der Waals surface area (Å²) in [7, 11) is 0. The zero-order valence-corrected chi connectivity index (χ0v) is 13.4.